The van der Waals surface area contributed by atoms with Crippen LogP contribution in [0.4, 0.5) is 11.5 Å². The molecule has 0 unspecified atom stereocenters. The number of benzene rings is 1. The average Bonchev–Trinajstić information content (AvgIpc) is 2.46. The summed E-state index contributed by atoms with van der Waals surface area (Å²) in [7, 11) is 0. The van der Waals surface area contributed by atoms with Gasteiger partial charge in [-0.1, -0.05) is 18.2 Å². The molecule has 0 saturated carbocycles. The van der Waals surface area contributed by atoms with E-state index >= 15 is 0 Å². The molecule has 2 N–H and O–H groups in total. The molecule has 7 heteroatoms. The van der Waals surface area contributed by atoms with Gasteiger partial charge >= 0.3 is 5.82 Å². The quantitative estimate of drug-likeness (QED) is 0.643. The van der Waals surface area contributed by atoms with Gasteiger partial charge in [0.1, 0.15) is 6.20 Å². The Hall–Kier alpha value is -2.96. The number of amides is 1. The van der Waals surface area contributed by atoms with Crippen LogP contribution >= 0.6 is 0 Å². The first-order valence-electron chi connectivity index (χ1n) is 5.39. The summed E-state index contributed by atoms with van der Waals surface area (Å²) in [5.74, 6) is -0.741. The van der Waals surface area contributed by atoms with E-state index in [0.29, 0.717) is 5.56 Å². The first kappa shape index (κ1) is 12.5. The van der Waals surface area contributed by atoms with E-state index in [4.69, 9.17) is 0 Å². The Labute approximate surface area is 108 Å². The number of nitrogens with zero attached hydrogens (tertiary/aromatic N) is 2. The average molecular weight is 258 g/mol. The zero-order valence-corrected chi connectivity index (χ0v) is 9.74. The van der Waals surface area contributed by atoms with Crippen LogP contribution in [0, 0.1) is 10.1 Å². The summed E-state index contributed by atoms with van der Waals surface area (Å²) >= 11 is 0. The lowest BCUT2D eigenvalue weighted by Gasteiger charge is -2.08. The molecule has 2 aromatic rings. The zero-order chi connectivity index (χ0) is 13.7. The van der Waals surface area contributed by atoms with Crippen molar-refractivity contribution < 1.29 is 9.72 Å². The third kappa shape index (κ3) is 3.03. The Morgan fingerprint density at radius 3 is 2.58 bits per heavy atom. The molecule has 1 aromatic carbocycles. The summed E-state index contributed by atoms with van der Waals surface area (Å²) in [5.41, 5.74) is 5.43. The third-order valence-corrected chi connectivity index (χ3v) is 2.31. The van der Waals surface area contributed by atoms with Crippen molar-refractivity contribution in [2.24, 2.45) is 0 Å². The Morgan fingerprint density at radius 2 is 1.89 bits per heavy atom. The van der Waals surface area contributed by atoms with E-state index in [1.54, 1.807) is 30.3 Å². The highest BCUT2D eigenvalue weighted by Crippen LogP contribution is 2.18. The molecule has 19 heavy (non-hydrogen) atoms. The maximum Gasteiger partial charge on any atom is 0.388 e. The minimum atomic E-state index is -0.628. The van der Waals surface area contributed by atoms with Gasteiger partial charge < -0.3 is 10.1 Å². The molecular formula is C12H10N4O3. The number of hydrazine groups is 1. The van der Waals surface area contributed by atoms with Crippen LogP contribution in [-0.2, 0) is 0 Å². The minimum Gasteiger partial charge on any atom is -0.358 e. The van der Waals surface area contributed by atoms with Gasteiger partial charge in [-0.25, -0.2) is 0 Å². The number of carbonyl (C=O) groups is 1. The van der Waals surface area contributed by atoms with Crippen molar-refractivity contribution in [2.45, 2.75) is 0 Å². The Bertz CT molecular complexity index is 601. The molecule has 0 aliphatic rings. The fourth-order valence-electron chi connectivity index (χ4n) is 1.43. The molecule has 1 amide bonds. The van der Waals surface area contributed by atoms with E-state index in [2.05, 4.69) is 15.8 Å². The Morgan fingerprint density at radius 1 is 1.16 bits per heavy atom. The third-order valence-electron chi connectivity index (χ3n) is 2.31. The number of nitro groups is 1. The molecule has 1 heterocycles. The van der Waals surface area contributed by atoms with E-state index in [9.17, 15) is 14.9 Å². The molecule has 0 saturated heterocycles. The smallest absolute Gasteiger partial charge is 0.358 e. The molecule has 0 radical (unpaired) electrons. The first-order valence-corrected chi connectivity index (χ1v) is 5.39. The van der Waals surface area contributed by atoms with Crippen molar-refractivity contribution >= 4 is 17.4 Å². The predicted molar refractivity (Wildman–Crippen MR) is 68.4 cm³/mol. The maximum atomic E-state index is 11.7. The van der Waals surface area contributed by atoms with Crippen molar-refractivity contribution in [1.82, 2.24) is 10.4 Å². The number of rotatable bonds is 4. The van der Waals surface area contributed by atoms with Crippen LogP contribution in [0.25, 0.3) is 0 Å². The monoisotopic (exact) mass is 258 g/mol. The minimum absolute atomic E-state index is 0.122. The highest BCUT2D eigenvalue weighted by atomic mass is 16.6. The van der Waals surface area contributed by atoms with Crippen LogP contribution in [0.15, 0.2) is 48.7 Å². The standard InChI is InChI=1S/C12H10N4O3/c17-12(9-5-2-1-3-6-9)15-14-10-7-4-8-13-11(10)16(18)19/h1-8,14H,(H,15,17). The largest absolute Gasteiger partial charge is 0.388 e. The predicted octanol–water partition coefficient (Wildman–Crippen LogP) is 1.75. The molecule has 0 atom stereocenters. The van der Waals surface area contributed by atoms with Gasteiger partial charge in [0.2, 0.25) is 0 Å². The molecule has 96 valence electrons. The fraction of sp³-hybridized carbons (Fsp3) is 0. The van der Waals surface area contributed by atoms with E-state index in [0.717, 1.165) is 0 Å². The van der Waals surface area contributed by atoms with Crippen LogP contribution in [0.2, 0.25) is 0 Å². The van der Waals surface area contributed by atoms with E-state index in [1.165, 1.54) is 18.3 Å². The molecule has 0 spiro atoms. The highest BCUT2D eigenvalue weighted by Gasteiger charge is 2.14. The van der Waals surface area contributed by atoms with Crippen LogP contribution in [0.1, 0.15) is 10.4 Å². The van der Waals surface area contributed by atoms with Crippen LogP contribution in [0.3, 0.4) is 0 Å². The Balaban J connectivity index is 2.07. The summed E-state index contributed by atoms with van der Waals surface area (Å²) in [4.78, 5) is 25.5. The lowest BCUT2D eigenvalue weighted by Crippen LogP contribution is -2.29. The van der Waals surface area contributed by atoms with E-state index in [1.807, 2.05) is 0 Å². The van der Waals surface area contributed by atoms with Crippen LogP contribution < -0.4 is 10.9 Å². The van der Waals surface area contributed by atoms with Gasteiger partial charge in [-0.2, -0.15) is 0 Å². The molecular weight excluding hydrogens is 248 g/mol. The summed E-state index contributed by atoms with van der Waals surface area (Å²) < 4.78 is 0. The van der Waals surface area contributed by atoms with Gasteiger partial charge in [0.05, 0.1) is 0 Å². The first-order chi connectivity index (χ1) is 9.18. The summed E-state index contributed by atoms with van der Waals surface area (Å²) in [5, 5.41) is 10.7. The maximum absolute atomic E-state index is 11.7. The van der Waals surface area contributed by atoms with Crippen molar-refractivity contribution in [3.8, 4) is 0 Å². The molecule has 7 nitrogen and oxygen atoms in total. The van der Waals surface area contributed by atoms with Crippen molar-refractivity contribution in [1.29, 1.82) is 0 Å². The number of nitrogens with one attached hydrogen (secondary N) is 2. The molecule has 0 fully saturated rings. The summed E-state index contributed by atoms with van der Waals surface area (Å²) in [6.07, 6.45) is 1.31. The van der Waals surface area contributed by atoms with Gasteiger partial charge in [0.25, 0.3) is 5.91 Å². The second-order valence-electron chi connectivity index (χ2n) is 3.58. The number of aromatic nitrogens is 1. The van der Waals surface area contributed by atoms with E-state index < -0.39 is 10.8 Å². The summed E-state index contributed by atoms with van der Waals surface area (Å²) in [6.45, 7) is 0. The lowest BCUT2D eigenvalue weighted by molar-refractivity contribution is -0.388. The van der Waals surface area contributed by atoms with Gasteiger partial charge in [-0.05, 0) is 34.2 Å². The second kappa shape index (κ2) is 5.58. The van der Waals surface area contributed by atoms with Gasteiger partial charge in [0, 0.05) is 5.56 Å². The van der Waals surface area contributed by atoms with Crippen molar-refractivity contribution in [3.63, 3.8) is 0 Å². The fourth-order valence-corrected chi connectivity index (χ4v) is 1.43. The van der Waals surface area contributed by atoms with Crippen LogP contribution in [-0.4, -0.2) is 15.8 Å². The number of anilines is 1. The highest BCUT2D eigenvalue weighted by molar-refractivity contribution is 5.94. The summed E-state index contributed by atoms with van der Waals surface area (Å²) in [6, 6.07) is 11.5. The number of hydrogen-bond donors (Lipinski definition) is 2. The lowest BCUT2D eigenvalue weighted by atomic mass is 10.2. The van der Waals surface area contributed by atoms with Crippen molar-refractivity contribution in [3.05, 3.63) is 64.3 Å². The van der Waals surface area contributed by atoms with Gasteiger partial charge in [-0.3, -0.25) is 15.6 Å². The second-order valence-corrected chi connectivity index (χ2v) is 3.58. The van der Waals surface area contributed by atoms with Gasteiger partial charge in [0.15, 0.2) is 5.69 Å². The Kier molecular flexibility index (Phi) is 3.67. The molecule has 0 bridgehead atoms. The zero-order valence-electron chi connectivity index (χ0n) is 9.74. The number of hydrogen-bond acceptors (Lipinski definition) is 5. The normalized spacial score (nSPS) is 9.68. The topological polar surface area (TPSA) is 97.2 Å². The van der Waals surface area contributed by atoms with Crippen LogP contribution in [0.5, 0.6) is 0 Å². The molecule has 0 aliphatic carbocycles. The molecule has 1 aromatic heterocycles. The number of pyridine rings is 1. The van der Waals surface area contributed by atoms with Crippen molar-refractivity contribution in [2.75, 3.05) is 5.43 Å². The molecule has 2 rings (SSSR count). The number of carbonyl (C=O) groups excluding carboxylic acids is 1. The molecule has 0 aliphatic heterocycles. The SMILES string of the molecule is O=C(NNc1cccnc1[N+](=O)[O-])c1ccccc1. The van der Waals surface area contributed by atoms with E-state index in [-0.39, 0.29) is 11.5 Å². The van der Waals surface area contributed by atoms with Gasteiger partial charge in [-0.15, -0.1) is 0 Å².